The van der Waals surface area contributed by atoms with Gasteiger partial charge in [0.2, 0.25) is 11.8 Å². The monoisotopic (exact) mass is 543 g/mol. The molecule has 0 aliphatic rings. The predicted octanol–water partition coefficient (Wildman–Crippen LogP) is 2.98. The van der Waals surface area contributed by atoms with Crippen LogP contribution in [0.1, 0.15) is 65.9 Å². The zero-order chi connectivity index (χ0) is 28.9. The molecule has 0 saturated heterocycles. The van der Waals surface area contributed by atoms with Crippen LogP contribution < -0.4 is 10.6 Å². The van der Waals surface area contributed by atoms with Gasteiger partial charge in [-0.25, -0.2) is 4.79 Å². The van der Waals surface area contributed by atoms with Crippen molar-refractivity contribution < 1.29 is 23.5 Å². The first kappa shape index (κ1) is 28.0. The second kappa shape index (κ2) is 11.8. The molecule has 0 bridgehead atoms. The third-order valence-electron chi connectivity index (χ3n) is 6.02. The quantitative estimate of drug-likeness (QED) is 0.302. The zero-order valence-corrected chi connectivity index (χ0v) is 22.6. The summed E-state index contributed by atoms with van der Waals surface area (Å²) >= 11 is 0. The number of aromatic nitrogens is 4. The molecule has 40 heavy (non-hydrogen) atoms. The van der Waals surface area contributed by atoms with Crippen LogP contribution >= 0.6 is 0 Å². The number of benzene rings is 2. The predicted molar refractivity (Wildman–Crippen MR) is 143 cm³/mol. The lowest BCUT2D eigenvalue weighted by Gasteiger charge is -2.30. The smallest absolute Gasteiger partial charge is 0.396 e. The Bertz CT molecular complexity index is 1580. The van der Waals surface area contributed by atoms with Crippen molar-refractivity contribution in [1.82, 2.24) is 30.6 Å². The summed E-state index contributed by atoms with van der Waals surface area (Å²) in [7, 11) is 0. The average molecular weight is 544 g/mol. The summed E-state index contributed by atoms with van der Waals surface area (Å²) in [6.45, 7) is 7.53. The van der Waals surface area contributed by atoms with Crippen molar-refractivity contribution in [2.24, 2.45) is 5.41 Å². The summed E-state index contributed by atoms with van der Waals surface area (Å²) in [5.74, 6) is -2.03. The van der Waals surface area contributed by atoms with Crippen LogP contribution in [0.2, 0.25) is 0 Å². The Kier molecular flexibility index (Phi) is 8.23. The van der Waals surface area contributed by atoms with E-state index in [1.807, 2.05) is 51.1 Å². The lowest BCUT2D eigenvalue weighted by atomic mass is 9.86. The number of nitrogens with one attached hydrogen (secondary N) is 2. The number of amides is 2. The standard InChI is InChI=1S/C28H29N7O5/c1-5-39-27(38)26-33-32-21(40-26)15-30-25(37)23(28(2,3)4)31-24(36)22-19-8-6-7-9-20(19)35(34-22)16-18-12-10-17(14-29)11-13-18/h6-13,23H,5,15-16H2,1-4H3,(H,30,37)(H,31,36). The first-order valence-electron chi connectivity index (χ1n) is 12.6. The molecule has 2 N–H and O–H groups in total. The number of carbonyl (C=O) groups is 3. The molecule has 0 fully saturated rings. The molecule has 2 aromatic carbocycles. The number of fused-ring (bicyclic) bond motifs is 1. The van der Waals surface area contributed by atoms with Gasteiger partial charge >= 0.3 is 11.9 Å². The summed E-state index contributed by atoms with van der Waals surface area (Å²) in [5, 5.41) is 27.2. The van der Waals surface area contributed by atoms with Crippen molar-refractivity contribution in [3.8, 4) is 6.07 Å². The van der Waals surface area contributed by atoms with E-state index in [1.54, 1.807) is 29.8 Å². The fourth-order valence-corrected chi connectivity index (χ4v) is 4.01. The molecule has 4 rings (SSSR count). The minimum absolute atomic E-state index is 0.0166. The fraction of sp³-hybridized carbons (Fsp3) is 0.321. The molecular weight excluding hydrogens is 514 g/mol. The molecule has 0 aliphatic carbocycles. The maximum Gasteiger partial charge on any atom is 0.396 e. The highest BCUT2D eigenvalue weighted by Gasteiger charge is 2.34. The van der Waals surface area contributed by atoms with Crippen molar-refractivity contribution in [3.63, 3.8) is 0 Å². The maximum atomic E-state index is 13.5. The van der Waals surface area contributed by atoms with Crippen LogP contribution in [0.25, 0.3) is 10.9 Å². The van der Waals surface area contributed by atoms with Gasteiger partial charge in [-0.15, -0.1) is 10.2 Å². The second-order valence-corrected chi connectivity index (χ2v) is 10.0. The number of ether oxygens (including phenoxy) is 1. The molecule has 12 heteroatoms. The van der Waals surface area contributed by atoms with E-state index in [9.17, 15) is 14.4 Å². The highest BCUT2D eigenvalue weighted by Crippen LogP contribution is 2.23. The van der Waals surface area contributed by atoms with Crippen LogP contribution in [0, 0.1) is 16.7 Å². The molecular formula is C28H29N7O5. The van der Waals surface area contributed by atoms with Crippen LogP contribution in [0.3, 0.4) is 0 Å². The van der Waals surface area contributed by atoms with Crippen LogP contribution in [-0.2, 0) is 22.6 Å². The zero-order valence-electron chi connectivity index (χ0n) is 22.6. The number of esters is 1. The number of nitrogens with zero attached hydrogens (tertiary/aromatic N) is 5. The van der Waals surface area contributed by atoms with Gasteiger partial charge in [0.05, 0.1) is 36.8 Å². The minimum Gasteiger partial charge on any atom is -0.459 e. The van der Waals surface area contributed by atoms with Crippen molar-refractivity contribution in [1.29, 1.82) is 5.26 Å². The maximum absolute atomic E-state index is 13.5. The highest BCUT2D eigenvalue weighted by molar-refractivity contribution is 6.06. The number of para-hydroxylation sites is 1. The largest absolute Gasteiger partial charge is 0.459 e. The Balaban J connectivity index is 1.51. The molecule has 4 aromatic rings. The Morgan fingerprint density at radius 2 is 1.82 bits per heavy atom. The normalized spacial score (nSPS) is 12.0. The van der Waals surface area contributed by atoms with Gasteiger partial charge in [0.25, 0.3) is 5.91 Å². The Labute approximate surface area is 230 Å². The van der Waals surface area contributed by atoms with E-state index < -0.39 is 29.2 Å². The van der Waals surface area contributed by atoms with Gasteiger partial charge in [-0.1, -0.05) is 51.1 Å². The highest BCUT2D eigenvalue weighted by atomic mass is 16.5. The molecule has 206 valence electrons. The van der Waals surface area contributed by atoms with Crippen LogP contribution in [-0.4, -0.2) is 50.4 Å². The summed E-state index contributed by atoms with van der Waals surface area (Å²) < 4.78 is 11.8. The molecule has 0 spiro atoms. The minimum atomic E-state index is -0.935. The van der Waals surface area contributed by atoms with Crippen LogP contribution in [0.5, 0.6) is 0 Å². The third kappa shape index (κ3) is 6.32. The summed E-state index contributed by atoms with van der Waals surface area (Å²) in [4.78, 5) is 38.4. The van der Waals surface area contributed by atoms with Gasteiger partial charge in [0.15, 0.2) is 5.69 Å². The van der Waals surface area contributed by atoms with E-state index in [0.717, 1.165) is 11.1 Å². The number of hydrogen-bond acceptors (Lipinski definition) is 9. The van der Waals surface area contributed by atoms with E-state index in [1.165, 1.54) is 0 Å². The first-order chi connectivity index (χ1) is 19.1. The lowest BCUT2D eigenvalue weighted by Crippen LogP contribution is -2.53. The molecule has 12 nitrogen and oxygen atoms in total. The summed E-state index contributed by atoms with van der Waals surface area (Å²) in [6, 6.07) is 15.6. The summed E-state index contributed by atoms with van der Waals surface area (Å²) in [5.41, 5.74) is 1.74. The van der Waals surface area contributed by atoms with Gasteiger partial charge in [0.1, 0.15) is 6.04 Å². The van der Waals surface area contributed by atoms with E-state index in [-0.39, 0.29) is 30.6 Å². The number of nitriles is 1. The van der Waals surface area contributed by atoms with Gasteiger partial charge in [-0.3, -0.25) is 14.3 Å². The Morgan fingerprint density at radius 1 is 1.10 bits per heavy atom. The lowest BCUT2D eigenvalue weighted by molar-refractivity contribution is -0.125. The van der Waals surface area contributed by atoms with Gasteiger partial charge in [-0.2, -0.15) is 10.4 Å². The van der Waals surface area contributed by atoms with Crippen molar-refractivity contribution in [3.05, 3.63) is 77.1 Å². The molecule has 0 radical (unpaired) electrons. The van der Waals surface area contributed by atoms with Gasteiger partial charge in [0, 0.05) is 5.39 Å². The Hall–Kier alpha value is -5.05. The third-order valence-corrected chi connectivity index (χ3v) is 6.02. The molecule has 1 atom stereocenters. The molecule has 0 aliphatic heterocycles. The van der Waals surface area contributed by atoms with E-state index in [0.29, 0.717) is 17.5 Å². The summed E-state index contributed by atoms with van der Waals surface area (Å²) in [6.07, 6.45) is 0. The van der Waals surface area contributed by atoms with Crippen molar-refractivity contribution in [2.45, 2.75) is 46.8 Å². The van der Waals surface area contributed by atoms with E-state index in [4.69, 9.17) is 14.4 Å². The number of rotatable bonds is 9. The Morgan fingerprint density at radius 3 is 2.50 bits per heavy atom. The molecule has 2 amide bonds. The first-order valence-corrected chi connectivity index (χ1v) is 12.6. The fourth-order valence-electron chi connectivity index (χ4n) is 4.01. The van der Waals surface area contributed by atoms with Gasteiger partial charge < -0.3 is 19.8 Å². The number of hydrogen-bond donors (Lipinski definition) is 2. The average Bonchev–Trinajstić information content (AvgIpc) is 3.56. The van der Waals surface area contributed by atoms with Crippen molar-refractivity contribution >= 4 is 28.7 Å². The van der Waals surface area contributed by atoms with Crippen LogP contribution in [0.4, 0.5) is 0 Å². The van der Waals surface area contributed by atoms with E-state index >= 15 is 0 Å². The second-order valence-electron chi connectivity index (χ2n) is 10.0. The molecule has 2 aromatic heterocycles. The SMILES string of the molecule is CCOC(=O)c1nnc(CNC(=O)C(NC(=O)c2nn(Cc3ccc(C#N)cc3)c3ccccc23)C(C)(C)C)o1. The molecule has 0 saturated carbocycles. The molecule has 1 unspecified atom stereocenters. The topological polar surface area (TPSA) is 165 Å². The van der Waals surface area contributed by atoms with Crippen LogP contribution in [0.15, 0.2) is 52.9 Å². The van der Waals surface area contributed by atoms with Crippen molar-refractivity contribution in [2.75, 3.05) is 6.61 Å². The van der Waals surface area contributed by atoms with Gasteiger partial charge in [-0.05, 0) is 36.1 Å². The molecule has 2 heterocycles. The number of carbonyl (C=O) groups excluding carboxylic acids is 3. The van der Waals surface area contributed by atoms with E-state index in [2.05, 4.69) is 32.0 Å².